The van der Waals surface area contributed by atoms with Gasteiger partial charge in [0.1, 0.15) is 5.82 Å². The highest BCUT2D eigenvalue weighted by molar-refractivity contribution is 6.10. The molecule has 0 bridgehead atoms. The number of nitrogens with zero attached hydrogens (tertiary/aromatic N) is 1. The van der Waals surface area contributed by atoms with Crippen molar-refractivity contribution >= 4 is 17.4 Å². The highest BCUT2D eigenvalue weighted by Crippen LogP contribution is 2.17. The van der Waals surface area contributed by atoms with Crippen LogP contribution < -0.4 is 5.32 Å². The van der Waals surface area contributed by atoms with E-state index >= 15 is 0 Å². The molecule has 0 saturated carbocycles. The molecular weight excluding hydrogens is 259 g/mol. The van der Waals surface area contributed by atoms with Gasteiger partial charge < -0.3 is 5.32 Å². The molecule has 1 atom stereocenters. The van der Waals surface area contributed by atoms with Crippen LogP contribution in [-0.2, 0) is 9.59 Å². The molecule has 0 fully saturated rings. The molecule has 0 saturated heterocycles. The van der Waals surface area contributed by atoms with Crippen molar-refractivity contribution in [2.45, 2.75) is 26.7 Å². The van der Waals surface area contributed by atoms with Crippen molar-refractivity contribution < 1.29 is 14.0 Å². The molecule has 1 amide bonds. The summed E-state index contributed by atoms with van der Waals surface area (Å²) >= 11 is 0. The van der Waals surface area contributed by atoms with E-state index in [-0.39, 0.29) is 11.7 Å². The second kappa shape index (κ2) is 7.39. The van der Waals surface area contributed by atoms with Crippen LogP contribution in [0, 0.1) is 29.0 Å². The van der Waals surface area contributed by atoms with Crippen molar-refractivity contribution in [1.29, 1.82) is 5.26 Å². The highest BCUT2D eigenvalue weighted by atomic mass is 19.1. The summed E-state index contributed by atoms with van der Waals surface area (Å²) in [4.78, 5) is 24.0. The zero-order chi connectivity index (χ0) is 15.1. The molecule has 0 aliphatic heterocycles. The van der Waals surface area contributed by atoms with Gasteiger partial charge in [0.15, 0.2) is 11.7 Å². The monoisotopic (exact) mass is 276 g/mol. The fraction of sp³-hybridized carbons (Fsp3) is 0.400. The number of halogens is 1. The molecule has 106 valence electrons. The smallest absolute Gasteiger partial charge is 0.249 e. The zero-order valence-corrected chi connectivity index (χ0v) is 11.5. The van der Waals surface area contributed by atoms with Crippen molar-refractivity contribution in [2.24, 2.45) is 11.8 Å². The highest BCUT2D eigenvalue weighted by Gasteiger charge is 2.30. The van der Waals surface area contributed by atoms with Gasteiger partial charge in [0.05, 0.1) is 6.07 Å². The molecule has 1 N–H and O–H groups in total. The Morgan fingerprint density at radius 3 is 2.25 bits per heavy atom. The van der Waals surface area contributed by atoms with E-state index in [1.807, 2.05) is 13.8 Å². The number of rotatable bonds is 6. The first-order valence-corrected chi connectivity index (χ1v) is 6.53. The third-order valence-electron chi connectivity index (χ3n) is 3.18. The lowest BCUT2D eigenvalue weighted by Gasteiger charge is -2.15. The lowest BCUT2D eigenvalue weighted by molar-refractivity contribution is -0.131. The molecule has 1 aromatic carbocycles. The Bertz CT molecular complexity index is 516. The van der Waals surface area contributed by atoms with Crippen LogP contribution in [0.1, 0.15) is 26.7 Å². The van der Waals surface area contributed by atoms with Crippen LogP contribution in [0.3, 0.4) is 0 Å². The Morgan fingerprint density at radius 2 is 1.80 bits per heavy atom. The van der Waals surface area contributed by atoms with E-state index < -0.39 is 17.6 Å². The Balaban J connectivity index is 2.80. The van der Waals surface area contributed by atoms with Gasteiger partial charge >= 0.3 is 0 Å². The van der Waals surface area contributed by atoms with Crippen LogP contribution in [-0.4, -0.2) is 11.7 Å². The Hall–Kier alpha value is -2.22. The number of anilines is 1. The van der Waals surface area contributed by atoms with Gasteiger partial charge in [-0.1, -0.05) is 13.8 Å². The van der Waals surface area contributed by atoms with Crippen LogP contribution in [0.25, 0.3) is 0 Å². The number of nitrogens with one attached hydrogen (secondary N) is 1. The summed E-state index contributed by atoms with van der Waals surface area (Å²) in [5, 5.41) is 11.5. The van der Waals surface area contributed by atoms with Gasteiger partial charge in [-0.05, 0) is 37.1 Å². The van der Waals surface area contributed by atoms with Crippen molar-refractivity contribution in [2.75, 3.05) is 5.32 Å². The van der Waals surface area contributed by atoms with Crippen LogP contribution in [0.5, 0.6) is 0 Å². The topological polar surface area (TPSA) is 70.0 Å². The third-order valence-corrected chi connectivity index (χ3v) is 3.18. The van der Waals surface area contributed by atoms with E-state index in [0.717, 1.165) is 0 Å². The molecule has 0 radical (unpaired) electrons. The molecule has 1 unspecified atom stereocenters. The second-order valence-corrected chi connectivity index (χ2v) is 4.47. The molecule has 0 heterocycles. The van der Waals surface area contributed by atoms with E-state index in [1.165, 1.54) is 24.3 Å². The summed E-state index contributed by atoms with van der Waals surface area (Å²) in [6.45, 7) is 3.69. The minimum Gasteiger partial charge on any atom is -0.325 e. The number of Topliss-reactive ketones (excluding diaryl/α,β-unsaturated/α-hetero) is 1. The number of carbonyl (C=O) groups is 2. The molecule has 0 aromatic heterocycles. The fourth-order valence-electron chi connectivity index (χ4n) is 1.93. The predicted molar refractivity (Wildman–Crippen MR) is 73.2 cm³/mol. The summed E-state index contributed by atoms with van der Waals surface area (Å²) in [6, 6.07) is 6.89. The Labute approximate surface area is 117 Å². The van der Waals surface area contributed by atoms with E-state index in [2.05, 4.69) is 5.32 Å². The number of hydrogen-bond donors (Lipinski definition) is 1. The first-order chi connectivity index (χ1) is 9.53. The van der Waals surface area contributed by atoms with E-state index in [9.17, 15) is 14.0 Å². The Morgan fingerprint density at radius 1 is 1.25 bits per heavy atom. The van der Waals surface area contributed by atoms with Crippen molar-refractivity contribution in [3.05, 3.63) is 30.1 Å². The second-order valence-electron chi connectivity index (χ2n) is 4.47. The average Bonchev–Trinajstić information content (AvgIpc) is 2.43. The third kappa shape index (κ3) is 3.89. The molecule has 5 heteroatoms. The number of nitriles is 1. The van der Waals surface area contributed by atoms with Crippen LogP contribution >= 0.6 is 0 Å². The number of amides is 1. The quantitative estimate of drug-likeness (QED) is 0.812. The first kappa shape index (κ1) is 15.8. The first-order valence-electron chi connectivity index (χ1n) is 6.53. The maximum Gasteiger partial charge on any atom is 0.249 e. The van der Waals surface area contributed by atoms with Gasteiger partial charge in [0.25, 0.3) is 0 Å². The van der Waals surface area contributed by atoms with Gasteiger partial charge in [-0.3, -0.25) is 9.59 Å². The van der Waals surface area contributed by atoms with E-state index in [0.29, 0.717) is 18.5 Å². The molecule has 0 aliphatic rings. The maximum absolute atomic E-state index is 12.8. The van der Waals surface area contributed by atoms with Gasteiger partial charge in [0.2, 0.25) is 5.91 Å². The molecular formula is C15H17FN2O2. The largest absolute Gasteiger partial charge is 0.325 e. The zero-order valence-electron chi connectivity index (χ0n) is 11.5. The molecule has 0 spiro atoms. The van der Waals surface area contributed by atoms with E-state index in [1.54, 1.807) is 6.07 Å². The van der Waals surface area contributed by atoms with Gasteiger partial charge in [0, 0.05) is 11.6 Å². The normalized spacial score (nSPS) is 11.8. The van der Waals surface area contributed by atoms with Crippen molar-refractivity contribution in [3.63, 3.8) is 0 Å². The van der Waals surface area contributed by atoms with E-state index in [4.69, 9.17) is 5.26 Å². The van der Waals surface area contributed by atoms with Crippen molar-refractivity contribution in [3.8, 4) is 6.07 Å². The summed E-state index contributed by atoms with van der Waals surface area (Å²) in [6.07, 6.45) is 1.19. The summed E-state index contributed by atoms with van der Waals surface area (Å²) < 4.78 is 12.8. The molecule has 1 aromatic rings. The number of hydrogen-bond acceptors (Lipinski definition) is 3. The molecule has 20 heavy (non-hydrogen) atoms. The van der Waals surface area contributed by atoms with Gasteiger partial charge in [-0.25, -0.2) is 4.39 Å². The maximum atomic E-state index is 12.8. The summed E-state index contributed by atoms with van der Waals surface area (Å²) in [5.74, 6) is -3.08. The summed E-state index contributed by atoms with van der Waals surface area (Å²) in [5.41, 5.74) is 0.356. The number of benzene rings is 1. The number of carbonyl (C=O) groups excluding carboxylic acids is 2. The van der Waals surface area contributed by atoms with Gasteiger partial charge in [-0.2, -0.15) is 5.26 Å². The molecule has 1 rings (SSSR count). The minimum absolute atomic E-state index is 0.293. The Kier molecular flexibility index (Phi) is 5.85. The number of ketones is 1. The molecule has 0 aliphatic carbocycles. The fourth-order valence-corrected chi connectivity index (χ4v) is 1.93. The van der Waals surface area contributed by atoms with Crippen LogP contribution in [0.4, 0.5) is 10.1 Å². The van der Waals surface area contributed by atoms with Crippen LogP contribution in [0.2, 0.25) is 0 Å². The lowest BCUT2D eigenvalue weighted by Crippen LogP contribution is -2.32. The average molecular weight is 276 g/mol. The van der Waals surface area contributed by atoms with Gasteiger partial charge in [-0.15, -0.1) is 0 Å². The van der Waals surface area contributed by atoms with Crippen LogP contribution in [0.15, 0.2) is 24.3 Å². The summed E-state index contributed by atoms with van der Waals surface area (Å²) in [7, 11) is 0. The predicted octanol–water partition coefficient (Wildman–Crippen LogP) is 2.91. The molecule has 4 nitrogen and oxygen atoms in total. The standard InChI is InChI=1S/C15H17FN2O2/c1-3-10(4-2)14(19)13(9-17)15(20)18-12-7-5-11(16)6-8-12/h5-8,10,13H,3-4H2,1-2H3,(H,18,20). The minimum atomic E-state index is -1.33. The van der Waals surface area contributed by atoms with Crippen molar-refractivity contribution in [1.82, 2.24) is 0 Å². The lowest BCUT2D eigenvalue weighted by atomic mass is 9.89. The SMILES string of the molecule is CCC(CC)C(=O)C(C#N)C(=O)Nc1ccc(F)cc1.